The summed E-state index contributed by atoms with van der Waals surface area (Å²) in [6, 6.07) is 7.55. The smallest absolute Gasteiger partial charge is 0.341 e. The Hall–Kier alpha value is -2.60. The number of carbonyl (C=O) groups is 2. The van der Waals surface area contributed by atoms with Crippen molar-refractivity contribution in [2.75, 3.05) is 18.5 Å². The number of hydrogen-bond acceptors (Lipinski definition) is 5. The highest BCUT2D eigenvalue weighted by Crippen LogP contribution is 2.40. The van der Waals surface area contributed by atoms with Crippen LogP contribution in [0.4, 0.5) is 5.00 Å². The number of thiophene rings is 1. The van der Waals surface area contributed by atoms with Gasteiger partial charge in [-0.15, -0.1) is 11.3 Å². The molecule has 6 heteroatoms. The van der Waals surface area contributed by atoms with Crippen molar-refractivity contribution in [3.63, 3.8) is 0 Å². The van der Waals surface area contributed by atoms with Gasteiger partial charge in [0.25, 0.3) is 0 Å². The molecule has 1 heterocycles. The molecule has 1 aliphatic rings. The molecule has 1 atom stereocenters. The molecule has 5 nitrogen and oxygen atoms in total. The number of anilines is 1. The monoisotopic (exact) mass is 413 g/mol. The standard InChI is InChI=1S/C23H27NO4S/c1-4-27-18-9-7-6-8-16(18)11-13-20(25)24-22-21(23(26)28-5-2)17-12-10-15(3)14-19(17)29-22/h6-9,11,13,15H,4-5,10,12,14H2,1-3H3,(H,24,25)/b13-11+. The lowest BCUT2D eigenvalue weighted by Gasteiger charge is -2.18. The van der Waals surface area contributed by atoms with Crippen LogP contribution in [0.3, 0.4) is 0 Å². The Kier molecular flexibility index (Phi) is 7.09. The van der Waals surface area contributed by atoms with Crippen molar-refractivity contribution in [3.8, 4) is 5.75 Å². The van der Waals surface area contributed by atoms with E-state index in [1.165, 1.54) is 22.3 Å². The third-order valence-electron chi connectivity index (χ3n) is 4.86. The van der Waals surface area contributed by atoms with Crippen LogP contribution in [0.1, 0.15) is 53.6 Å². The summed E-state index contributed by atoms with van der Waals surface area (Å²) in [6.45, 7) is 6.78. The maximum atomic E-state index is 12.6. The van der Waals surface area contributed by atoms with Crippen molar-refractivity contribution in [2.45, 2.75) is 40.0 Å². The van der Waals surface area contributed by atoms with Crippen LogP contribution < -0.4 is 10.1 Å². The van der Waals surface area contributed by atoms with E-state index in [9.17, 15) is 9.59 Å². The lowest BCUT2D eigenvalue weighted by Crippen LogP contribution is -2.15. The van der Waals surface area contributed by atoms with Crippen molar-refractivity contribution in [3.05, 3.63) is 51.9 Å². The Morgan fingerprint density at radius 2 is 2.03 bits per heavy atom. The van der Waals surface area contributed by atoms with Gasteiger partial charge in [0.15, 0.2) is 0 Å². The fourth-order valence-electron chi connectivity index (χ4n) is 3.48. The van der Waals surface area contributed by atoms with E-state index < -0.39 is 0 Å². The first-order valence-corrected chi connectivity index (χ1v) is 10.9. The van der Waals surface area contributed by atoms with Gasteiger partial charge in [-0.3, -0.25) is 4.79 Å². The molecule has 2 aromatic rings. The molecule has 1 amide bonds. The number of amides is 1. The average Bonchev–Trinajstić information content (AvgIpc) is 3.04. The summed E-state index contributed by atoms with van der Waals surface area (Å²) in [5.41, 5.74) is 2.39. The zero-order valence-electron chi connectivity index (χ0n) is 17.1. The van der Waals surface area contributed by atoms with Crippen LogP contribution in [-0.2, 0) is 22.4 Å². The van der Waals surface area contributed by atoms with Gasteiger partial charge in [-0.1, -0.05) is 25.1 Å². The van der Waals surface area contributed by atoms with E-state index in [4.69, 9.17) is 9.47 Å². The Labute approximate surface area is 175 Å². The van der Waals surface area contributed by atoms with Gasteiger partial charge in [0, 0.05) is 16.5 Å². The largest absolute Gasteiger partial charge is 0.493 e. The van der Waals surface area contributed by atoms with E-state index >= 15 is 0 Å². The van der Waals surface area contributed by atoms with Gasteiger partial charge in [0.05, 0.1) is 18.8 Å². The van der Waals surface area contributed by atoms with Crippen LogP contribution in [0.25, 0.3) is 6.08 Å². The number of esters is 1. The normalized spacial score (nSPS) is 15.8. The number of para-hydroxylation sites is 1. The fourth-order valence-corrected chi connectivity index (χ4v) is 4.88. The van der Waals surface area contributed by atoms with E-state index in [0.29, 0.717) is 29.7 Å². The summed E-state index contributed by atoms with van der Waals surface area (Å²) >= 11 is 1.49. The minimum Gasteiger partial charge on any atom is -0.493 e. The molecule has 1 unspecified atom stereocenters. The average molecular weight is 414 g/mol. The predicted octanol–water partition coefficient (Wildman–Crippen LogP) is 5.10. The Bertz CT molecular complexity index is 916. The van der Waals surface area contributed by atoms with Gasteiger partial charge in [0.1, 0.15) is 10.8 Å². The van der Waals surface area contributed by atoms with Crippen molar-refractivity contribution in [1.29, 1.82) is 0 Å². The third kappa shape index (κ3) is 5.07. The zero-order valence-corrected chi connectivity index (χ0v) is 17.9. The highest BCUT2D eigenvalue weighted by atomic mass is 32.1. The van der Waals surface area contributed by atoms with E-state index in [1.807, 2.05) is 31.2 Å². The molecular formula is C23H27NO4S. The lowest BCUT2D eigenvalue weighted by molar-refractivity contribution is -0.111. The molecule has 154 valence electrons. The fraction of sp³-hybridized carbons (Fsp3) is 0.391. The van der Waals surface area contributed by atoms with Crippen LogP contribution in [-0.4, -0.2) is 25.1 Å². The van der Waals surface area contributed by atoms with E-state index in [-0.39, 0.29) is 11.9 Å². The maximum Gasteiger partial charge on any atom is 0.341 e. The zero-order chi connectivity index (χ0) is 20.8. The number of carbonyl (C=O) groups excluding carboxylic acids is 2. The first kappa shape index (κ1) is 21.1. The Morgan fingerprint density at radius 3 is 2.79 bits per heavy atom. The summed E-state index contributed by atoms with van der Waals surface area (Å²) < 4.78 is 10.8. The minimum absolute atomic E-state index is 0.284. The summed E-state index contributed by atoms with van der Waals surface area (Å²) in [4.78, 5) is 26.3. The SMILES string of the molecule is CCOC(=O)c1c(NC(=O)/C=C/c2ccccc2OCC)sc2c1CCC(C)C2. The van der Waals surface area contributed by atoms with Crippen molar-refractivity contribution in [2.24, 2.45) is 5.92 Å². The molecule has 1 N–H and O–H groups in total. The Balaban J connectivity index is 1.82. The number of ether oxygens (including phenoxy) is 2. The second-order valence-electron chi connectivity index (χ2n) is 7.07. The number of fused-ring (bicyclic) bond motifs is 1. The first-order valence-electron chi connectivity index (χ1n) is 10.1. The second-order valence-corrected chi connectivity index (χ2v) is 8.17. The molecule has 29 heavy (non-hydrogen) atoms. The lowest BCUT2D eigenvalue weighted by atomic mass is 9.88. The van der Waals surface area contributed by atoms with Crippen LogP contribution in [0, 0.1) is 5.92 Å². The van der Waals surface area contributed by atoms with E-state index in [2.05, 4.69) is 12.2 Å². The molecule has 1 aliphatic carbocycles. The topological polar surface area (TPSA) is 64.6 Å². The van der Waals surface area contributed by atoms with Gasteiger partial charge in [-0.05, 0) is 56.7 Å². The molecule has 0 saturated heterocycles. The number of hydrogen-bond donors (Lipinski definition) is 1. The molecule has 1 aromatic heterocycles. The summed E-state index contributed by atoms with van der Waals surface area (Å²) in [5.74, 6) is 0.663. The molecule has 1 aromatic carbocycles. The van der Waals surface area contributed by atoms with Gasteiger partial charge in [-0.2, -0.15) is 0 Å². The molecule has 0 spiro atoms. The molecule has 3 rings (SSSR count). The summed E-state index contributed by atoms with van der Waals surface area (Å²) in [7, 11) is 0. The molecule has 0 radical (unpaired) electrons. The van der Waals surface area contributed by atoms with Crippen LogP contribution in [0.15, 0.2) is 30.3 Å². The Morgan fingerprint density at radius 1 is 1.24 bits per heavy atom. The highest BCUT2D eigenvalue weighted by Gasteiger charge is 2.28. The van der Waals surface area contributed by atoms with Gasteiger partial charge < -0.3 is 14.8 Å². The quantitative estimate of drug-likeness (QED) is 0.507. The highest BCUT2D eigenvalue weighted by molar-refractivity contribution is 7.17. The molecular weight excluding hydrogens is 386 g/mol. The molecule has 0 aliphatic heterocycles. The van der Waals surface area contributed by atoms with Crippen LogP contribution in [0.5, 0.6) is 5.75 Å². The van der Waals surface area contributed by atoms with Crippen molar-refractivity contribution in [1.82, 2.24) is 0 Å². The van der Waals surface area contributed by atoms with E-state index in [0.717, 1.165) is 36.1 Å². The molecule has 0 bridgehead atoms. The third-order valence-corrected chi connectivity index (χ3v) is 6.03. The van der Waals surface area contributed by atoms with Crippen LogP contribution in [0.2, 0.25) is 0 Å². The van der Waals surface area contributed by atoms with Crippen molar-refractivity contribution < 1.29 is 19.1 Å². The molecule has 0 fully saturated rings. The first-order chi connectivity index (χ1) is 14.0. The predicted molar refractivity (Wildman–Crippen MR) is 117 cm³/mol. The van der Waals surface area contributed by atoms with Gasteiger partial charge >= 0.3 is 5.97 Å². The number of benzene rings is 1. The van der Waals surface area contributed by atoms with Crippen LogP contribution >= 0.6 is 11.3 Å². The molecule has 0 saturated carbocycles. The number of rotatable bonds is 7. The second kappa shape index (κ2) is 9.74. The van der Waals surface area contributed by atoms with Gasteiger partial charge in [0.2, 0.25) is 5.91 Å². The minimum atomic E-state index is -0.361. The number of nitrogens with one attached hydrogen (secondary N) is 1. The summed E-state index contributed by atoms with van der Waals surface area (Å²) in [6.07, 6.45) is 6.00. The summed E-state index contributed by atoms with van der Waals surface area (Å²) in [5, 5.41) is 3.47. The van der Waals surface area contributed by atoms with Crippen molar-refractivity contribution >= 4 is 34.3 Å². The van der Waals surface area contributed by atoms with E-state index in [1.54, 1.807) is 13.0 Å². The maximum absolute atomic E-state index is 12.6. The van der Waals surface area contributed by atoms with Gasteiger partial charge in [-0.25, -0.2) is 4.79 Å².